The average molecular weight is 391 g/mol. The van der Waals surface area contributed by atoms with Gasteiger partial charge in [0.1, 0.15) is 17.3 Å². The molecule has 5 nitrogen and oxygen atoms in total. The van der Waals surface area contributed by atoms with E-state index in [2.05, 4.69) is 10.5 Å². The first-order valence-corrected chi connectivity index (χ1v) is 8.89. The molecule has 6 heteroatoms. The quantitative estimate of drug-likeness (QED) is 0.370. The van der Waals surface area contributed by atoms with E-state index in [1.807, 2.05) is 36.4 Å². The molecule has 0 radical (unpaired) electrons. The Labute approximate surface area is 165 Å². The summed E-state index contributed by atoms with van der Waals surface area (Å²) in [6.07, 6.45) is 1.39. The molecule has 1 heterocycles. The highest BCUT2D eigenvalue weighted by Crippen LogP contribution is 2.25. The number of amides is 1. The van der Waals surface area contributed by atoms with Crippen molar-refractivity contribution in [2.24, 2.45) is 5.10 Å². The zero-order chi connectivity index (χ0) is 19.5. The molecular weight excluding hydrogens is 376 g/mol. The Morgan fingerprint density at radius 1 is 1.00 bits per heavy atom. The fourth-order valence-corrected chi connectivity index (χ4v) is 3.03. The lowest BCUT2D eigenvalue weighted by atomic mass is 10.1. The van der Waals surface area contributed by atoms with Crippen LogP contribution in [0.15, 0.2) is 82.3 Å². The van der Waals surface area contributed by atoms with Gasteiger partial charge in [0.2, 0.25) is 0 Å². The Morgan fingerprint density at radius 2 is 1.79 bits per heavy atom. The largest absolute Gasteiger partial charge is 0.507 e. The molecule has 138 valence electrons. The number of rotatable bonds is 4. The summed E-state index contributed by atoms with van der Waals surface area (Å²) >= 11 is 5.99. The Balaban J connectivity index is 1.48. The van der Waals surface area contributed by atoms with E-state index < -0.39 is 5.91 Å². The van der Waals surface area contributed by atoms with Gasteiger partial charge in [0, 0.05) is 10.6 Å². The molecule has 0 aliphatic rings. The summed E-state index contributed by atoms with van der Waals surface area (Å²) in [5.41, 5.74) is 3.39. The van der Waals surface area contributed by atoms with Gasteiger partial charge < -0.3 is 9.52 Å². The van der Waals surface area contributed by atoms with Crippen molar-refractivity contribution >= 4 is 34.5 Å². The molecule has 0 saturated heterocycles. The summed E-state index contributed by atoms with van der Waals surface area (Å²) in [7, 11) is 0. The Morgan fingerprint density at radius 3 is 2.57 bits per heavy atom. The second-order valence-electron chi connectivity index (χ2n) is 6.13. The van der Waals surface area contributed by atoms with Gasteiger partial charge in [-0.15, -0.1) is 0 Å². The van der Waals surface area contributed by atoms with Gasteiger partial charge in [0.05, 0.1) is 11.8 Å². The number of hydrogen-bond donors (Lipinski definition) is 2. The van der Waals surface area contributed by atoms with E-state index in [9.17, 15) is 9.90 Å². The lowest BCUT2D eigenvalue weighted by molar-refractivity contribution is 0.0952. The number of phenols is 1. The number of carbonyl (C=O) groups excluding carboxylic acids is 1. The van der Waals surface area contributed by atoms with E-state index in [1.54, 1.807) is 36.4 Å². The van der Waals surface area contributed by atoms with Crippen molar-refractivity contribution < 1.29 is 14.3 Å². The number of aromatic hydroxyl groups is 1. The van der Waals surface area contributed by atoms with Crippen LogP contribution < -0.4 is 5.43 Å². The minimum atomic E-state index is -0.513. The molecule has 1 amide bonds. The van der Waals surface area contributed by atoms with Gasteiger partial charge in [-0.2, -0.15) is 5.10 Å². The summed E-state index contributed by atoms with van der Waals surface area (Å²) in [6.45, 7) is 0. The number of phenolic OH excluding ortho intramolecular Hbond substituents is 1. The molecule has 0 aliphatic carbocycles. The number of nitrogens with one attached hydrogen (secondary N) is 1. The summed E-state index contributed by atoms with van der Waals surface area (Å²) in [4.78, 5) is 12.3. The minimum absolute atomic E-state index is 0.104. The molecule has 0 bridgehead atoms. The zero-order valence-corrected chi connectivity index (χ0v) is 15.4. The third-order valence-corrected chi connectivity index (χ3v) is 4.44. The van der Waals surface area contributed by atoms with E-state index in [-0.39, 0.29) is 11.3 Å². The zero-order valence-electron chi connectivity index (χ0n) is 14.6. The van der Waals surface area contributed by atoms with E-state index in [0.29, 0.717) is 16.5 Å². The summed E-state index contributed by atoms with van der Waals surface area (Å²) < 4.78 is 5.68. The fraction of sp³-hybridized carbons (Fsp3) is 0. The predicted octanol–water partition coefficient (Wildman–Crippen LogP) is 5.22. The number of hydrogen-bond acceptors (Lipinski definition) is 4. The molecule has 0 aliphatic heterocycles. The maximum atomic E-state index is 12.3. The van der Waals surface area contributed by atoms with Crippen molar-refractivity contribution in [1.29, 1.82) is 0 Å². The SMILES string of the molecule is O=C(N/N=C\c1ccc(-c2cccc(Cl)c2)o1)c1cc2ccccc2cc1O. The number of carbonyl (C=O) groups is 1. The summed E-state index contributed by atoms with van der Waals surface area (Å²) in [5.74, 6) is 0.495. The van der Waals surface area contributed by atoms with E-state index in [1.165, 1.54) is 6.21 Å². The van der Waals surface area contributed by atoms with Gasteiger partial charge in [-0.3, -0.25) is 4.79 Å². The number of fused-ring (bicyclic) bond motifs is 1. The van der Waals surface area contributed by atoms with Gasteiger partial charge in [0.15, 0.2) is 0 Å². The van der Waals surface area contributed by atoms with Crippen LogP contribution in [0.25, 0.3) is 22.1 Å². The average Bonchev–Trinajstić information content (AvgIpc) is 3.16. The highest BCUT2D eigenvalue weighted by Gasteiger charge is 2.12. The normalized spacial score (nSPS) is 11.2. The van der Waals surface area contributed by atoms with Crippen LogP contribution in [0.3, 0.4) is 0 Å². The Hall–Kier alpha value is -3.57. The number of halogens is 1. The van der Waals surface area contributed by atoms with Crippen LogP contribution in [-0.2, 0) is 0 Å². The monoisotopic (exact) mass is 390 g/mol. The van der Waals surface area contributed by atoms with Gasteiger partial charge >= 0.3 is 0 Å². The molecule has 1 aromatic heterocycles. The van der Waals surface area contributed by atoms with E-state index in [0.717, 1.165) is 16.3 Å². The van der Waals surface area contributed by atoms with Crippen LogP contribution in [0.1, 0.15) is 16.1 Å². The molecule has 0 atom stereocenters. The molecule has 28 heavy (non-hydrogen) atoms. The fourth-order valence-electron chi connectivity index (χ4n) is 2.84. The highest BCUT2D eigenvalue weighted by atomic mass is 35.5. The van der Waals surface area contributed by atoms with Crippen LogP contribution in [0.2, 0.25) is 5.02 Å². The molecule has 0 fully saturated rings. The Kier molecular flexibility index (Phi) is 4.83. The molecule has 0 spiro atoms. The molecular formula is C22H15ClN2O3. The standard InChI is InChI=1S/C22H15ClN2O3/c23-17-7-3-6-16(10-17)21-9-8-18(28-21)13-24-25-22(27)19-11-14-4-1-2-5-15(14)12-20(19)26/h1-13,26H,(H,25,27)/b24-13-. The first-order chi connectivity index (χ1) is 13.6. The molecule has 2 N–H and O–H groups in total. The van der Waals surface area contributed by atoms with Crippen molar-refractivity contribution in [2.75, 3.05) is 0 Å². The second-order valence-corrected chi connectivity index (χ2v) is 6.56. The van der Waals surface area contributed by atoms with E-state index >= 15 is 0 Å². The highest BCUT2D eigenvalue weighted by molar-refractivity contribution is 6.30. The van der Waals surface area contributed by atoms with Crippen molar-refractivity contribution in [3.8, 4) is 17.1 Å². The topological polar surface area (TPSA) is 74.8 Å². The van der Waals surface area contributed by atoms with E-state index in [4.69, 9.17) is 16.0 Å². The number of benzene rings is 3. The second kappa shape index (κ2) is 7.58. The number of furan rings is 1. The minimum Gasteiger partial charge on any atom is -0.507 e. The maximum absolute atomic E-state index is 12.3. The third-order valence-electron chi connectivity index (χ3n) is 4.20. The van der Waals surface area contributed by atoms with Crippen molar-refractivity contribution in [3.05, 3.63) is 89.1 Å². The van der Waals surface area contributed by atoms with Crippen LogP contribution in [-0.4, -0.2) is 17.2 Å². The van der Waals surface area contributed by atoms with Crippen LogP contribution in [0.5, 0.6) is 5.75 Å². The lowest BCUT2D eigenvalue weighted by Gasteiger charge is -2.05. The van der Waals surface area contributed by atoms with Crippen LogP contribution in [0.4, 0.5) is 0 Å². The van der Waals surface area contributed by atoms with Gasteiger partial charge in [-0.1, -0.05) is 48.0 Å². The molecule has 3 aromatic carbocycles. The third kappa shape index (κ3) is 3.75. The summed E-state index contributed by atoms with van der Waals surface area (Å²) in [6, 6.07) is 21.5. The number of nitrogens with zero attached hydrogens (tertiary/aromatic N) is 1. The van der Waals surface area contributed by atoms with Crippen molar-refractivity contribution in [3.63, 3.8) is 0 Å². The maximum Gasteiger partial charge on any atom is 0.275 e. The predicted molar refractivity (Wildman–Crippen MR) is 110 cm³/mol. The first kappa shape index (κ1) is 17.8. The Bertz CT molecular complexity index is 1200. The van der Waals surface area contributed by atoms with Gasteiger partial charge in [-0.05, 0) is 47.2 Å². The number of hydrazone groups is 1. The summed E-state index contributed by atoms with van der Waals surface area (Å²) in [5, 5.41) is 16.3. The lowest BCUT2D eigenvalue weighted by Crippen LogP contribution is -2.17. The van der Waals surface area contributed by atoms with Gasteiger partial charge in [0.25, 0.3) is 5.91 Å². The van der Waals surface area contributed by atoms with Crippen molar-refractivity contribution in [2.45, 2.75) is 0 Å². The van der Waals surface area contributed by atoms with Crippen molar-refractivity contribution in [1.82, 2.24) is 5.43 Å². The molecule has 4 rings (SSSR count). The van der Waals surface area contributed by atoms with Crippen LogP contribution >= 0.6 is 11.6 Å². The molecule has 0 saturated carbocycles. The van der Waals surface area contributed by atoms with Gasteiger partial charge in [-0.25, -0.2) is 5.43 Å². The smallest absolute Gasteiger partial charge is 0.275 e. The first-order valence-electron chi connectivity index (χ1n) is 8.51. The molecule has 4 aromatic rings. The molecule has 0 unspecified atom stereocenters. The van der Waals surface area contributed by atoms with Crippen LogP contribution in [0, 0.1) is 0 Å².